The molecule has 0 spiro atoms. The molecular weight excluding hydrogens is 466 g/mol. The molecule has 1 saturated heterocycles. The van der Waals surface area contributed by atoms with Crippen molar-refractivity contribution in [3.63, 3.8) is 0 Å². The fraction of sp³-hybridized carbons (Fsp3) is 0.0714. The molecule has 0 unspecified atom stereocenters. The van der Waals surface area contributed by atoms with Crippen molar-refractivity contribution in [1.82, 2.24) is 4.90 Å². The molecule has 1 aliphatic heterocycles. The summed E-state index contributed by atoms with van der Waals surface area (Å²) < 4.78 is 5.82. The van der Waals surface area contributed by atoms with Crippen molar-refractivity contribution in [3.8, 4) is 5.75 Å². The van der Waals surface area contributed by atoms with Crippen molar-refractivity contribution in [1.29, 1.82) is 0 Å². The zero-order valence-electron chi connectivity index (χ0n) is 18.1. The van der Waals surface area contributed by atoms with Crippen molar-refractivity contribution in [3.05, 3.63) is 118 Å². The van der Waals surface area contributed by atoms with E-state index in [2.05, 4.69) is 0 Å². The monoisotopic (exact) mass is 485 g/mol. The molecule has 1 heterocycles. The van der Waals surface area contributed by atoms with Crippen LogP contribution in [0.25, 0.3) is 16.8 Å². The van der Waals surface area contributed by atoms with Crippen molar-refractivity contribution < 1.29 is 14.3 Å². The number of ether oxygens (including phenoxy) is 1. The van der Waals surface area contributed by atoms with E-state index in [1.54, 1.807) is 6.08 Å². The highest BCUT2D eigenvalue weighted by molar-refractivity contribution is 8.18. The summed E-state index contributed by atoms with van der Waals surface area (Å²) in [6.45, 7) is 0.685. The Hall–Kier alpha value is -3.54. The summed E-state index contributed by atoms with van der Waals surface area (Å²) in [6.07, 6.45) is 1.75. The summed E-state index contributed by atoms with van der Waals surface area (Å²) >= 11 is 6.88. The standard InChI is InChI=1S/C28H20ClNO3S/c29-23-12-8-20(9-13-23)18-33-24-14-10-19(11-15-24)16-26-27(31)30(28(32)34-26)17-22-6-3-5-21-4-1-2-7-25(21)22/h1-16H,17-18H2/b26-16+. The van der Waals surface area contributed by atoms with Gasteiger partial charge in [0.2, 0.25) is 0 Å². The molecule has 0 aromatic heterocycles. The van der Waals surface area contributed by atoms with Crippen LogP contribution < -0.4 is 4.74 Å². The van der Waals surface area contributed by atoms with Crippen LogP contribution in [0.3, 0.4) is 0 Å². The lowest BCUT2D eigenvalue weighted by molar-refractivity contribution is -0.123. The van der Waals surface area contributed by atoms with Gasteiger partial charge in [0.25, 0.3) is 11.1 Å². The van der Waals surface area contributed by atoms with Crippen LogP contribution in [0.2, 0.25) is 5.02 Å². The number of hydrogen-bond donors (Lipinski definition) is 0. The maximum absolute atomic E-state index is 13.0. The first-order valence-corrected chi connectivity index (χ1v) is 12.0. The molecule has 0 N–H and O–H groups in total. The van der Waals surface area contributed by atoms with Gasteiger partial charge in [0.15, 0.2) is 0 Å². The molecule has 2 amide bonds. The average molecular weight is 486 g/mol. The van der Waals surface area contributed by atoms with E-state index in [1.165, 1.54) is 4.90 Å². The van der Waals surface area contributed by atoms with E-state index in [0.717, 1.165) is 45.0 Å². The van der Waals surface area contributed by atoms with Crippen LogP contribution in [0.4, 0.5) is 4.79 Å². The minimum Gasteiger partial charge on any atom is -0.489 e. The Morgan fingerprint density at radius 3 is 2.38 bits per heavy atom. The summed E-state index contributed by atoms with van der Waals surface area (Å²) in [5, 5.41) is 2.56. The SMILES string of the molecule is O=C1S/C(=C/c2ccc(OCc3ccc(Cl)cc3)cc2)C(=O)N1Cc1cccc2ccccc12. The van der Waals surface area contributed by atoms with Gasteiger partial charge in [-0.2, -0.15) is 0 Å². The van der Waals surface area contributed by atoms with Gasteiger partial charge >= 0.3 is 0 Å². The molecule has 4 aromatic carbocycles. The predicted octanol–water partition coefficient (Wildman–Crippen LogP) is 7.31. The van der Waals surface area contributed by atoms with Crippen LogP contribution in [0.5, 0.6) is 5.75 Å². The van der Waals surface area contributed by atoms with E-state index in [9.17, 15) is 9.59 Å². The smallest absolute Gasteiger partial charge is 0.293 e. The minimum absolute atomic E-state index is 0.251. The Balaban J connectivity index is 1.27. The highest BCUT2D eigenvalue weighted by Gasteiger charge is 2.35. The Bertz CT molecular complexity index is 1390. The molecule has 0 atom stereocenters. The Morgan fingerprint density at radius 1 is 0.853 bits per heavy atom. The van der Waals surface area contributed by atoms with Gasteiger partial charge in [-0.1, -0.05) is 78.3 Å². The summed E-state index contributed by atoms with van der Waals surface area (Å²) in [7, 11) is 0. The van der Waals surface area contributed by atoms with Crippen molar-refractivity contribution >= 4 is 51.4 Å². The second kappa shape index (κ2) is 9.75. The molecule has 0 radical (unpaired) electrons. The first kappa shape index (κ1) is 22.3. The highest BCUT2D eigenvalue weighted by Crippen LogP contribution is 2.34. The second-order valence-corrected chi connectivity index (χ2v) is 9.32. The lowest BCUT2D eigenvalue weighted by atomic mass is 10.0. The number of thioether (sulfide) groups is 1. The summed E-state index contributed by atoms with van der Waals surface area (Å²) in [5.74, 6) is 0.446. The maximum Gasteiger partial charge on any atom is 0.293 e. The van der Waals surface area contributed by atoms with Gasteiger partial charge < -0.3 is 4.74 Å². The first-order valence-electron chi connectivity index (χ1n) is 10.8. The van der Waals surface area contributed by atoms with Gasteiger partial charge in [-0.25, -0.2) is 0 Å². The number of imide groups is 1. The number of carbonyl (C=O) groups excluding carboxylic acids is 2. The summed E-state index contributed by atoms with van der Waals surface area (Å²) in [6, 6.07) is 28.8. The molecule has 4 nitrogen and oxygen atoms in total. The minimum atomic E-state index is -0.272. The van der Waals surface area contributed by atoms with Crippen LogP contribution in [0.1, 0.15) is 16.7 Å². The van der Waals surface area contributed by atoms with Crippen molar-refractivity contribution in [2.45, 2.75) is 13.2 Å². The highest BCUT2D eigenvalue weighted by atomic mass is 35.5. The number of carbonyl (C=O) groups is 2. The third-order valence-corrected chi connectivity index (χ3v) is 6.74. The van der Waals surface area contributed by atoms with Gasteiger partial charge in [0, 0.05) is 5.02 Å². The molecule has 1 fully saturated rings. The first-order chi connectivity index (χ1) is 16.6. The van der Waals surface area contributed by atoms with Crippen LogP contribution in [0.15, 0.2) is 95.9 Å². The number of benzene rings is 4. The number of amides is 2. The number of hydrogen-bond acceptors (Lipinski definition) is 4. The van der Waals surface area contributed by atoms with Crippen LogP contribution in [-0.2, 0) is 17.9 Å². The predicted molar refractivity (Wildman–Crippen MR) is 138 cm³/mol. The Kier molecular flexibility index (Phi) is 6.39. The molecule has 34 heavy (non-hydrogen) atoms. The summed E-state index contributed by atoms with van der Waals surface area (Å²) in [4.78, 5) is 27.3. The third-order valence-electron chi connectivity index (χ3n) is 5.58. The van der Waals surface area contributed by atoms with Gasteiger partial charge in [0.1, 0.15) is 12.4 Å². The Morgan fingerprint density at radius 2 is 1.59 bits per heavy atom. The fourth-order valence-corrected chi connectivity index (χ4v) is 4.76. The van der Waals surface area contributed by atoms with Crippen LogP contribution in [0, 0.1) is 0 Å². The van der Waals surface area contributed by atoms with E-state index in [0.29, 0.717) is 16.5 Å². The molecule has 0 bridgehead atoms. The molecule has 0 saturated carbocycles. The maximum atomic E-state index is 13.0. The zero-order valence-corrected chi connectivity index (χ0v) is 19.7. The Labute approximate surface area is 206 Å². The molecule has 1 aliphatic rings. The zero-order chi connectivity index (χ0) is 23.5. The average Bonchev–Trinajstić information content (AvgIpc) is 3.12. The van der Waals surface area contributed by atoms with Gasteiger partial charge in [-0.3, -0.25) is 14.5 Å². The molecule has 168 valence electrons. The lowest BCUT2D eigenvalue weighted by Gasteiger charge is -2.14. The normalized spacial score (nSPS) is 14.9. The summed E-state index contributed by atoms with van der Waals surface area (Å²) in [5.41, 5.74) is 2.80. The number of halogens is 1. The van der Waals surface area contributed by atoms with Gasteiger partial charge in [0.05, 0.1) is 11.4 Å². The van der Waals surface area contributed by atoms with E-state index >= 15 is 0 Å². The molecule has 5 rings (SSSR count). The fourth-order valence-electron chi connectivity index (χ4n) is 3.80. The molecule has 0 aliphatic carbocycles. The van der Waals surface area contributed by atoms with Gasteiger partial charge in [-0.15, -0.1) is 0 Å². The van der Waals surface area contributed by atoms with Gasteiger partial charge in [-0.05, 0) is 69.6 Å². The van der Waals surface area contributed by atoms with Crippen LogP contribution in [-0.4, -0.2) is 16.0 Å². The van der Waals surface area contributed by atoms with E-state index in [1.807, 2.05) is 91.0 Å². The molecular formula is C28H20ClNO3S. The quantitative estimate of drug-likeness (QED) is 0.269. The van der Waals surface area contributed by atoms with Crippen molar-refractivity contribution in [2.75, 3.05) is 0 Å². The molecule has 6 heteroatoms. The van der Waals surface area contributed by atoms with E-state index in [-0.39, 0.29) is 17.7 Å². The van der Waals surface area contributed by atoms with E-state index in [4.69, 9.17) is 16.3 Å². The third kappa shape index (κ3) is 4.86. The number of rotatable bonds is 6. The lowest BCUT2D eigenvalue weighted by Crippen LogP contribution is -2.27. The number of nitrogens with zero attached hydrogens (tertiary/aromatic N) is 1. The topological polar surface area (TPSA) is 46.6 Å². The molecule has 4 aromatic rings. The van der Waals surface area contributed by atoms with Crippen molar-refractivity contribution in [2.24, 2.45) is 0 Å². The van der Waals surface area contributed by atoms with E-state index < -0.39 is 0 Å². The number of fused-ring (bicyclic) bond motifs is 1. The largest absolute Gasteiger partial charge is 0.489 e. The second-order valence-electron chi connectivity index (χ2n) is 7.89. The van der Waals surface area contributed by atoms with Crippen LogP contribution >= 0.6 is 23.4 Å².